The number of carbonyl (C=O) groups is 2. The molecule has 1 spiro atoms. The number of fused-ring (bicyclic) bond motifs is 6. The van der Waals surface area contributed by atoms with Crippen molar-refractivity contribution in [2.24, 2.45) is 39.9 Å². The number of halogens is 2. The van der Waals surface area contributed by atoms with Gasteiger partial charge in [-0.3, -0.25) is 9.59 Å². The van der Waals surface area contributed by atoms with E-state index in [1.807, 2.05) is 7.05 Å². The monoisotopic (exact) mass is 470 g/mol. The molecule has 34 heavy (non-hydrogen) atoms. The summed E-state index contributed by atoms with van der Waals surface area (Å²) in [6.45, 7) is 4.73. The van der Waals surface area contributed by atoms with Crippen molar-refractivity contribution in [1.82, 2.24) is 4.90 Å². The predicted octanol–water partition coefficient (Wildman–Crippen LogP) is 5.77. The highest BCUT2D eigenvalue weighted by Crippen LogP contribution is 2.73. The smallest absolute Gasteiger partial charge is 0.228 e. The van der Waals surface area contributed by atoms with Gasteiger partial charge in [-0.2, -0.15) is 0 Å². The highest BCUT2D eigenvalue weighted by molar-refractivity contribution is 5.93. The SMILES string of the molecule is CN1C(=O)CC[C@]2(C)C3CC[C@@]4(C)C(CC[C@@H]4C(=O)Nc4cccc(F)c4F)C3CC3(CC3)C12. The topological polar surface area (TPSA) is 49.4 Å². The average molecular weight is 471 g/mol. The molecule has 7 atom stereocenters. The summed E-state index contributed by atoms with van der Waals surface area (Å²) < 4.78 is 27.9. The van der Waals surface area contributed by atoms with Gasteiger partial charge in [-0.05, 0) is 97.5 Å². The van der Waals surface area contributed by atoms with Crippen LogP contribution in [0.1, 0.15) is 71.6 Å². The van der Waals surface area contributed by atoms with E-state index in [0.29, 0.717) is 36.1 Å². The lowest BCUT2D eigenvalue weighted by atomic mass is 9.44. The fourth-order valence-electron chi connectivity index (χ4n) is 9.64. The summed E-state index contributed by atoms with van der Waals surface area (Å²) in [5, 5.41) is 2.72. The Morgan fingerprint density at radius 1 is 1.03 bits per heavy atom. The third-order valence-corrected chi connectivity index (χ3v) is 11.2. The molecule has 4 aliphatic carbocycles. The Balaban J connectivity index is 1.28. The number of hydrogen-bond donors (Lipinski definition) is 1. The summed E-state index contributed by atoms with van der Waals surface area (Å²) in [6, 6.07) is 4.28. The Bertz CT molecular complexity index is 1050. The lowest BCUT2D eigenvalue weighted by Crippen LogP contribution is -2.65. The number of piperidine rings is 1. The molecule has 6 heteroatoms. The molecular weight excluding hydrogens is 434 g/mol. The average Bonchev–Trinajstić information content (AvgIpc) is 3.45. The number of nitrogens with zero attached hydrogens (tertiary/aromatic N) is 1. The lowest BCUT2D eigenvalue weighted by molar-refractivity contribution is -0.173. The van der Waals surface area contributed by atoms with Crippen LogP contribution in [0.4, 0.5) is 14.5 Å². The van der Waals surface area contributed by atoms with E-state index in [2.05, 4.69) is 24.1 Å². The first kappa shape index (κ1) is 22.5. The van der Waals surface area contributed by atoms with Crippen LogP contribution < -0.4 is 5.32 Å². The molecular formula is C28H36F2N2O2. The zero-order valence-corrected chi connectivity index (χ0v) is 20.5. The minimum atomic E-state index is -0.989. The third-order valence-electron chi connectivity index (χ3n) is 11.2. The van der Waals surface area contributed by atoms with E-state index in [-0.39, 0.29) is 33.8 Å². The highest BCUT2D eigenvalue weighted by Gasteiger charge is 2.70. The molecule has 4 nitrogen and oxygen atoms in total. The summed E-state index contributed by atoms with van der Waals surface area (Å²) in [6.07, 6.45) is 9.11. The van der Waals surface area contributed by atoms with Crippen LogP contribution in [0.25, 0.3) is 0 Å². The molecule has 1 aromatic carbocycles. The van der Waals surface area contributed by atoms with Crippen LogP contribution >= 0.6 is 0 Å². The van der Waals surface area contributed by atoms with E-state index in [1.165, 1.54) is 31.4 Å². The Morgan fingerprint density at radius 2 is 1.76 bits per heavy atom. The Kier molecular flexibility index (Phi) is 4.81. The number of anilines is 1. The van der Waals surface area contributed by atoms with Gasteiger partial charge >= 0.3 is 0 Å². The number of amides is 2. The van der Waals surface area contributed by atoms with Crippen LogP contribution in [0.15, 0.2) is 18.2 Å². The molecule has 5 fully saturated rings. The fraction of sp³-hybridized carbons (Fsp3) is 0.714. The van der Waals surface area contributed by atoms with Crippen molar-refractivity contribution < 1.29 is 18.4 Å². The summed E-state index contributed by atoms with van der Waals surface area (Å²) in [5.74, 6) is -0.351. The first-order valence-corrected chi connectivity index (χ1v) is 13.1. The van der Waals surface area contributed by atoms with Gasteiger partial charge in [0.05, 0.1) is 5.69 Å². The van der Waals surface area contributed by atoms with Crippen LogP contribution in [0.5, 0.6) is 0 Å². The van der Waals surface area contributed by atoms with Crippen molar-refractivity contribution in [3.05, 3.63) is 29.8 Å². The van der Waals surface area contributed by atoms with Gasteiger partial charge < -0.3 is 10.2 Å². The van der Waals surface area contributed by atoms with Crippen LogP contribution in [-0.2, 0) is 9.59 Å². The molecule has 1 N–H and O–H groups in total. The second kappa shape index (κ2) is 7.27. The number of likely N-dealkylation sites (tertiary alicyclic amines) is 1. The Hall–Kier alpha value is -1.98. The van der Waals surface area contributed by atoms with Gasteiger partial charge in [0.25, 0.3) is 0 Å². The van der Waals surface area contributed by atoms with Crippen LogP contribution in [0, 0.1) is 51.6 Å². The molecule has 1 saturated heterocycles. The first-order chi connectivity index (χ1) is 16.1. The summed E-state index contributed by atoms with van der Waals surface area (Å²) >= 11 is 0. The zero-order chi connectivity index (χ0) is 24.0. The largest absolute Gasteiger partial charge is 0.342 e. The molecule has 1 aliphatic heterocycles. The molecule has 4 saturated carbocycles. The van der Waals surface area contributed by atoms with Crippen molar-refractivity contribution >= 4 is 17.5 Å². The summed E-state index contributed by atoms with van der Waals surface area (Å²) in [5.41, 5.74) is 0.217. The van der Waals surface area contributed by atoms with Gasteiger partial charge in [0.2, 0.25) is 11.8 Å². The van der Waals surface area contributed by atoms with Crippen LogP contribution in [0.3, 0.4) is 0 Å². The molecule has 2 amide bonds. The van der Waals surface area contributed by atoms with E-state index in [0.717, 1.165) is 38.2 Å². The minimum Gasteiger partial charge on any atom is -0.342 e. The Morgan fingerprint density at radius 3 is 2.50 bits per heavy atom. The number of benzene rings is 1. The van der Waals surface area contributed by atoms with E-state index in [9.17, 15) is 18.4 Å². The number of hydrogen-bond acceptors (Lipinski definition) is 2. The van der Waals surface area contributed by atoms with Crippen molar-refractivity contribution in [1.29, 1.82) is 0 Å². The standard InChI is InChI=1S/C28H36F2N2O2/c1-26-11-9-18-16(15-28(13-14-28)25-27(18,2)12-10-22(33)32(25)3)17(26)7-8-19(26)24(34)31-21-6-4-5-20(29)23(21)30/h4-6,16-19,25H,7-15H2,1-3H3,(H,31,34)/t16?,17?,18?,19-,25?,26+,27-/m1/s1. The molecule has 0 aromatic heterocycles. The van der Waals surface area contributed by atoms with Crippen LogP contribution in [-0.4, -0.2) is 29.8 Å². The highest BCUT2D eigenvalue weighted by atomic mass is 19.2. The van der Waals surface area contributed by atoms with E-state index in [1.54, 1.807) is 0 Å². The van der Waals surface area contributed by atoms with Crippen molar-refractivity contribution in [3.63, 3.8) is 0 Å². The fourth-order valence-corrected chi connectivity index (χ4v) is 9.64. The lowest BCUT2D eigenvalue weighted by Gasteiger charge is -2.64. The van der Waals surface area contributed by atoms with Crippen molar-refractivity contribution in [2.75, 3.05) is 12.4 Å². The van der Waals surface area contributed by atoms with E-state index >= 15 is 0 Å². The van der Waals surface area contributed by atoms with E-state index in [4.69, 9.17) is 0 Å². The minimum absolute atomic E-state index is 0.0643. The third kappa shape index (κ3) is 2.92. The van der Waals surface area contributed by atoms with Gasteiger partial charge in [-0.25, -0.2) is 8.78 Å². The second-order valence-electron chi connectivity index (χ2n) is 12.6. The number of rotatable bonds is 2. The molecule has 4 unspecified atom stereocenters. The van der Waals surface area contributed by atoms with Gasteiger partial charge in [0.1, 0.15) is 0 Å². The van der Waals surface area contributed by atoms with Gasteiger partial charge in [0, 0.05) is 25.4 Å². The molecule has 6 rings (SSSR count). The van der Waals surface area contributed by atoms with Gasteiger partial charge in [-0.1, -0.05) is 19.9 Å². The van der Waals surface area contributed by atoms with Crippen LogP contribution in [0.2, 0.25) is 0 Å². The van der Waals surface area contributed by atoms with Gasteiger partial charge in [0.15, 0.2) is 11.6 Å². The maximum atomic E-state index is 14.2. The van der Waals surface area contributed by atoms with Gasteiger partial charge in [-0.15, -0.1) is 0 Å². The molecule has 0 radical (unpaired) electrons. The van der Waals surface area contributed by atoms with Crippen molar-refractivity contribution in [2.45, 2.75) is 77.7 Å². The molecule has 184 valence electrons. The molecule has 5 aliphatic rings. The summed E-state index contributed by atoms with van der Waals surface area (Å²) in [7, 11) is 2.03. The Labute approximate surface area is 200 Å². The number of nitrogens with one attached hydrogen (secondary N) is 1. The maximum absolute atomic E-state index is 14.2. The van der Waals surface area contributed by atoms with E-state index < -0.39 is 11.6 Å². The summed E-state index contributed by atoms with van der Waals surface area (Å²) in [4.78, 5) is 28.1. The van der Waals surface area contributed by atoms with Crippen molar-refractivity contribution in [3.8, 4) is 0 Å². The molecule has 1 heterocycles. The zero-order valence-electron chi connectivity index (χ0n) is 20.5. The molecule has 1 aromatic rings. The second-order valence-corrected chi connectivity index (χ2v) is 12.6. The number of carbonyl (C=O) groups excluding carboxylic acids is 2. The molecule has 0 bridgehead atoms. The normalized spacial score (nSPS) is 42.1. The predicted molar refractivity (Wildman–Crippen MR) is 126 cm³/mol. The maximum Gasteiger partial charge on any atom is 0.228 e. The quantitative estimate of drug-likeness (QED) is 0.596. The first-order valence-electron chi connectivity index (χ1n) is 13.1.